The molecular formula is C11H14N2O2. The number of amides is 3. The molecule has 4 nitrogen and oxygen atoms in total. The second-order valence-electron chi connectivity index (χ2n) is 3.26. The number of anilines is 1. The average molecular weight is 206 g/mol. The van der Waals surface area contributed by atoms with Gasteiger partial charge in [-0.05, 0) is 12.1 Å². The van der Waals surface area contributed by atoms with Crippen molar-refractivity contribution in [2.24, 2.45) is 0 Å². The fourth-order valence-corrected chi connectivity index (χ4v) is 1.12. The van der Waals surface area contributed by atoms with E-state index in [-0.39, 0.29) is 11.9 Å². The van der Waals surface area contributed by atoms with Crippen molar-refractivity contribution in [1.29, 1.82) is 0 Å². The van der Waals surface area contributed by atoms with Gasteiger partial charge in [0.15, 0.2) is 0 Å². The van der Waals surface area contributed by atoms with Crippen molar-refractivity contribution in [1.82, 2.24) is 4.90 Å². The van der Waals surface area contributed by atoms with Crippen molar-refractivity contribution in [3.63, 3.8) is 0 Å². The van der Waals surface area contributed by atoms with Crippen LogP contribution in [0.3, 0.4) is 0 Å². The highest BCUT2D eigenvalue weighted by molar-refractivity contribution is 6.01. The fraction of sp³-hybridized carbons (Fsp3) is 0.273. The molecule has 0 aromatic heterocycles. The first kappa shape index (κ1) is 11.2. The van der Waals surface area contributed by atoms with Crippen LogP contribution < -0.4 is 4.90 Å². The lowest BCUT2D eigenvalue weighted by Gasteiger charge is -2.22. The van der Waals surface area contributed by atoms with Crippen molar-refractivity contribution in [3.8, 4) is 0 Å². The van der Waals surface area contributed by atoms with Gasteiger partial charge < -0.3 is 0 Å². The number of imide groups is 1. The number of benzene rings is 1. The molecule has 0 fully saturated rings. The maximum absolute atomic E-state index is 11.7. The molecule has 0 bridgehead atoms. The van der Waals surface area contributed by atoms with Gasteiger partial charge in [0.05, 0.1) is 0 Å². The van der Waals surface area contributed by atoms with Crippen LogP contribution in [-0.4, -0.2) is 30.9 Å². The zero-order valence-electron chi connectivity index (χ0n) is 9.10. The highest BCUT2D eigenvalue weighted by Crippen LogP contribution is 2.12. The molecule has 0 N–H and O–H groups in total. The first-order valence-corrected chi connectivity index (χ1v) is 4.61. The number of carbonyl (C=O) groups excluding carboxylic acids is 2. The van der Waals surface area contributed by atoms with Gasteiger partial charge in [-0.15, -0.1) is 0 Å². The lowest BCUT2D eigenvalue weighted by atomic mass is 10.3. The van der Waals surface area contributed by atoms with Crippen LogP contribution >= 0.6 is 0 Å². The topological polar surface area (TPSA) is 40.6 Å². The summed E-state index contributed by atoms with van der Waals surface area (Å²) in [6, 6.07) is 8.84. The van der Waals surface area contributed by atoms with E-state index in [1.807, 2.05) is 30.3 Å². The Labute approximate surface area is 89.1 Å². The van der Waals surface area contributed by atoms with Gasteiger partial charge in [0, 0.05) is 26.7 Å². The predicted molar refractivity (Wildman–Crippen MR) is 58.7 cm³/mol. The van der Waals surface area contributed by atoms with Crippen LogP contribution in [0.5, 0.6) is 0 Å². The van der Waals surface area contributed by atoms with E-state index in [1.54, 1.807) is 7.05 Å². The molecule has 0 aliphatic heterocycles. The Bertz CT molecular complexity index is 362. The molecule has 0 heterocycles. The van der Waals surface area contributed by atoms with Gasteiger partial charge >= 0.3 is 6.03 Å². The van der Waals surface area contributed by atoms with Crippen LogP contribution in [0.15, 0.2) is 30.3 Å². The number of urea groups is 1. The lowest BCUT2D eigenvalue weighted by molar-refractivity contribution is -0.124. The van der Waals surface area contributed by atoms with E-state index in [9.17, 15) is 9.59 Å². The number of para-hydroxylation sites is 1. The second kappa shape index (κ2) is 4.59. The number of carbonyl (C=O) groups is 2. The van der Waals surface area contributed by atoms with Gasteiger partial charge in [0.1, 0.15) is 0 Å². The SMILES string of the molecule is CC(=O)N(C)C(=O)N(C)c1ccccc1. The Morgan fingerprint density at radius 1 is 1.07 bits per heavy atom. The first-order chi connectivity index (χ1) is 7.04. The smallest absolute Gasteiger partial charge is 0.297 e. The number of rotatable bonds is 1. The van der Waals surface area contributed by atoms with Gasteiger partial charge in [-0.3, -0.25) is 14.6 Å². The van der Waals surface area contributed by atoms with E-state index in [1.165, 1.54) is 18.9 Å². The number of hydrogen-bond donors (Lipinski definition) is 0. The third-order valence-corrected chi connectivity index (χ3v) is 2.19. The molecule has 0 saturated heterocycles. The van der Waals surface area contributed by atoms with Gasteiger partial charge in [0.2, 0.25) is 5.91 Å². The minimum Gasteiger partial charge on any atom is -0.297 e. The predicted octanol–water partition coefficient (Wildman–Crippen LogP) is 1.72. The largest absolute Gasteiger partial charge is 0.330 e. The molecule has 0 saturated carbocycles. The van der Waals surface area contributed by atoms with Gasteiger partial charge in [0.25, 0.3) is 0 Å². The summed E-state index contributed by atoms with van der Waals surface area (Å²) >= 11 is 0. The quantitative estimate of drug-likeness (QED) is 0.702. The van der Waals surface area contributed by atoms with E-state index in [0.29, 0.717) is 0 Å². The van der Waals surface area contributed by atoms with E-state index >= 15 is 0 Å². The molecular weight excluding hydrogens is 192 g/mol. The summed E-state index contributed by atoms with van der Waals surface area (Å²) in [6.07, 6.45) is 0. The molecule has 0 spiro atoms. The Morgan fingerprint density at radius 2 is 1.60 bits per heavy atom. The molecule has 1 rings (SSSR count). The van der Waals surface area contributed by atoms with Crippen molar-refractivity contribution in [2.75, 3.05) is 19.0 Å². The molecule has 0 radical (unpaired) electrons. The van der Waals surface area contributed by atoms with Crippen molar-refractivity contribution in [3.05, 3.63) is 30.3 Å². The summed E-state index contributed by atoms with van der Waals surface area (Å²) in [6.45, 7) is 1.36. The highest BCUT2D eigenvalue weighted by Gasteiger charge is 2.17. The summed E-state index contributed by atoms with van der Waals surface area (Å²) in [5.74, 6) is -0.275. The van der Waals surface area contributed by atoms with E-state index < -0.39 is 0 Å². The molecule has 0 atom stereocenters. The Hall–Kier alpha value is -1.84. The Morgan fingerprint density at radius 3 is 2.07 bits per heavy atom. The first-order valence-electron chi connectivity index (χ1n) is 4.61. The standard InChI is InChI=1S/C11H14N2O2/c1-9(14)12(2)11(15)13(3)10-7-5-4-6-8-10/h4-8H,1-3H3. The van der Waals surface area contributed by atoms with Crippen LogP contribution in [0.1, 0.15) is 6.92 Å². The van der Waals surface area contributed by atoms with Gasteiger partial charge in [-0.1, -0.05) is 18.2 Å². The van der Waals surface area contributed by atoms with E-state index in [0.717, 1.165) is 10.6 Å². The maximum atomic E-state index is 11.7. The van der Waals surface area contributed by atoms with Crippen LogP contribution in [0.4, 0.5) is 10.5 Å². The monoisotopic (exact) mass is 206 g/mol. The van der Waals surface area contributed by atoms with E-state index in [4.69, 9.17) is 0 Å². The average Bonchev–Trinajstić information content (AvgIpc) is 2.27. The molecule has 3 amide bonds. The number of nitrogens with zero attached hydrogens (tertiary/aromatic N) is 2. The molecule has 4 heteroatoms. The maximum Gasteiger partial charge on any atom is 0.330 e. The molecule has 0 unspecified atom stereocenters. The van der Waals surface area contributed by atoms with Crippen LogP contribution in [-0.2, 0) is 4.79 Å². The number of hydrogen-bond acceptors (Lipinski definition) is 2. The third kappa shape index (κ3) is 2.56. The third-order valence-electron chi connectivity index (χ3n) is 2.19. The van der Waals surface area contributed by atoms with Crippen molar-refractivity contribution < 1.29 is 9.59 Å². The minimum atomic E-state index is -0.339. The van der Waals surface area contributed by atoms with Gasteiger partial charge in [-0.25, -0.2) is 4.79 Å². The highest BCUT2D eigenvalue weighted by atomic mass is 16.2. The van der Waals surface area contributed by atoms with Gasteiger partial charge in [-0.2, -0.15) is 0 Å². The summed E-state index contributed by atoms with van der Waals surface area (Å²) < 4.78 is 0. The summed E-state index contributed by atoms with van der Waals surface area (Å²) in [5, 5.41) is 0. The van der Waals surface area contributed by atoms with Crippen LogP contribution in [0.2, 0.25) is 0 Å². The molecule has 15 heavy (non-hydrogen) atoms. The molecule has 1 aromatic carbocycles. The van der Waals surface area contributed by atoms with E-state index in [2.05, 4.69) is 0 Å². The lowest BCUT2D eigenvalue weighted by Crippen LogP contribution is -2.41. The Balaban J connectivity index is 2.82. The summed E-state index contributed by atoms with van der Waals surface area (Å²) in [5.41, 5.74) is 0.760. The fourth-order valence-electron chi connectivity index (χ4n) is 1.12. The van der Waals surface area contributed by atoms with Crippen LogP contribution in [0.25, 0.3) is 0 Å². The minimum absolute atomic E-state index is 0.275. The Kier molecular flexibility index (Phi) is 3.44. The summed E-state index contributed by atoms with van der Waals surface area (Å²) in [4.78, 5) is 25.2. The molecule has 0 aliphatic rings. The molecule has 1 aromatic rings. The molecule has 0 aliphatic carbocycles. The zero-order valence-corrected chi connectivity index (χ0v) is 9.10. The van der Waals surface area contributed by atoms with Crippen molar-refractivity contribution >= 4 is 17.6 Å². The normalized spacial score (nSPS) is 9.53. The van der Waals surface area contributed by atoms with Crippen LogP contribution in [0, 0.1) is 0 Å². The summed E-state index contributed by atoms with van der Waals surface area (Å²) in [7, 11) is 3.10. The second-order valence-corrected chi connectivity index (χ2v) is 3.26. The van der Waals surface area contributed by atoms with Crippen molar-refractivity contribution in [2.45, 2.75) is 6.92 Å². The zero-order chi connectivity index (χ0) is 11.4. The molecule has 80 valence electrons.